The van der Waals surface area contributed by atoms with Gasteiger partial charge in [-0.3, -0.25) is 9.78 Å². The Kier molecular flexibility index (Phi) is 11.4. The van der Waals surface area contributed by atoms with Gasteiger partial charge in [0.1, 0.15) is 0 Å². The fraction of sp³-hybridized carbons (Fsp3) is 0.524. The molecule has 0 aliphatic heterocycles. The molecule has 1 heterocycles. The molecule has 1 unspecified atom stereocenters. The number of halogens is 7. The summed E-state index contributed by atoms with van der Waals surface area (Å²) in [4.78, 5) is 14.7. The highest BCUT2D eigenvalue weighted by Gasteiger charge is 2.35. The second-order valence-corrected chi connectivity index (χ2v) is 7.65. The van der Waals surface area contributed by atoms with E-state index in [1.807, 2.05) is 13.8 Å². The maximum absolute atomic E-state index is 13.5. The van der Waals surface area contributed by atoms with Crippen molar-refractivity contribution >= 4 is 34.5 Å². The average Bonchev–Trinajstić information content (AvgIpc) is 2.72. The predicted molar refractivity (Wildman–Crippen MR) is 115 cm³/mol. The van der Waals surface area contributed by atoms with Crippen LogP contribution in [0.5, 0.6) is 0 Å². The summed E-state index contributed by atoms with van der Waals surface area (Å²) in [6.07, 6.45) is -7.82. The highest BCUT2D eigenvalue weighted by atomic mass is 35.5. The third kappa shape index (κ3) is 10.1. The molecule has 1 aromatic carbocycles. The van der Waals surface area contributed by atoms with Crippen LogP contribution in [0.25, 0.3) is 10.9 Å². The Morgan fingerprint density at radius 3 is 2.36 bits per heavy atom. The summed E-state index contributed by atoms with van der Waals surface area (Å²) in [5.41, 5.74) is -0.315. The molecule has 2 aromatic rings. The number of aromatic nitrogens is 1. The average molecular weight is 502 g/mol. The van der Waals surface area contributed by atoms with Gasteiger partial charge in [-0.25, -0.2) is 0 Å². The van der Waals surface area contributed by atoms with E-state index in [1.165, 1.54) is 0 Å². The standard InChI is InChI=1S/C19H25ClF3N3O.C2HF3O/c1-3-26(9-10-27)8-4-5-13(2)25-18-15-7-6-14(20)11-17(15)24-12-16(18)19(21,22)23;3-2(4,5)1-6/h6-7,11-13,27H,3-5,8-10H2,1-2H3,(H,24,25);1H. The number of nitrogens with zero attached hydrogens (tertiary/aromatic N) is 2. The van der Waals surface area contributed by atoms with Crippen molar-refractivity contribution in [3.8, 4) is 0 Å². The molecule has 2 N–H and O–H groups in total. The highest BCUT2D eigenvalue weighted by molar-refractivity contribution is 6.31. The molecular formula is C21H26ClF6N3O2. The number of hydrogen-bond donors (Lipinski definition) is 2. The molecule has 186 valence electrons. The molecule has 33 heavy (non-hydrogen) atoms. The summed E-state index contributed by atoms with van der Waals surface area (Å²) in [5.74, 6) is 0. The lowest BCUT2D eigenvalue weighted by atomic mass is 10.1. The maximum atomic E-state index is 13.5. The smallest absolute Gasteiger partial charge is 0.395 e. The molecule has 0 bridgehead atoms. The number of alkyl halides is 6. The molecular weight excluding hydrogens is 476 g/mol. The van der Waals surface area contributed by atoms with Crippen molar-refractivity contribution in [2.45, 2.75) is 45.1 Å². The van der Waals surface area contributed by atoms with E-state index in [2.05, 4.69) is 15.2 Å². The zero-order chi connectivity index (χ0) is 25.2. The van der Waals surface area contributed by atoms with Gasteiger partial charge in [-0.05, 0) is 51.1 Å². The number of carbonyl (C=O) groups is 1. The maximum Gasteiger partial charge on any atom is 0.446 e. The van der Waals surface area contributed by atoms with Gasteiger partial charge in [-0.15, -0.1) is 0 Å². The number of likely N-dealkylation sites (N-methyl/N-ethyl adjacent to an activating group) is 1. The summed E-state index contributed by atoms with van der Waals surface area (Å²) in [5, 5.41) is 12.9. The van der Waals surface area contributed by atoms with Gasteiger partial charge in [0.25, 0.3) is 0 Å². The number of nitrogens with one attached hydrogen (secondary N) is 1. The minimum absolute atomic E-state index is 0.0411. The van der Waals surface area contributed by atoms with Crippen molar-refractivity contribution in [3.05, 3.63) is 35.0 Å². The van der Waals surface area contributed by atoms with E-state index in [-0.39, 0.29) is 18.3 Å². The third-order valence-corrected chi connectivity index (χ3v) is 4.87. The molecule has 0 saturated heterocycles. The number of aldehydes is 1. The second kappa shape index (κ2) is 13.0. The van der Waals surface area contributed by atoms with Crippen molar-refractivity contribution < 1.29 is 36.2 Å². The van der Waals surface area contributed by atoms with Crippen LogP contribution in [0, 0.1) is 0 Å². The Labute approximate surface area is 192 Å². The van der Waals surface area contributed by atoms with Gasteiger partial charge < -0.3 is 15.3 Å². The van der Waals surface area contributed by atoms with E-state index < -0.39 is 24.2 Å². The molecule has 0 fully saturated rings. The third-order valence-electron chi connectivity index (χ3n) is 4.64. The highest BCUT2D eigenvalue weighted by Crippen LogP contribution is 2.39. The van der Waals surface area contributed by atoms with Crippen LogP contribution in [0.1, 0.15) is 32.3 Å². The van der Waals surface area contributed by atoms with E-state index in [1.54, 1.807) is 18.2 Å². The fourth-order valence-electron chi connectivity index (χ4n) is 3.05. The molecule has 0 spiro atoms. The number of aliphatic hydroxyl groups is 1. The molecule has 5 nitrogen and oxygen atoms in total. The predicted octanol–water partition coefficient (Wildman–Crippen LogP) is 5.55. The lowest BCUT2D eigenvalue weighted by molar-refractivity contribution is -0.156. The number of carbonyl (C=O) groups excluding carboxylic acids is 1. The summed E-state index contributed by atoms with van der Waals surface area (Å²) in [7, 11) is 0. The summed E-state index contributed by atoms with van der Waals surface area (Å²) < 4.78 is 71.6. The second-order valence-electron chi connectivity index (χ2n) is 7.21. The number of pyridine rings is 1. The van der Waals surface area contributed by atoms with Crippen LogP contribution >= 0.6 is 11.6 Å². The van der Waals surface area contributed by atoms with Crippen molar-refractivity contribution in [2.24, 2.45) is 0 Å². The van der Waals surface area contributed by atoms with Crippen LogP contribution in [0.2, 0.25) is 5.02 Å². The first-order chi connectivity index (χ1) is 15.3. The van der Waals surface area contributed by atoms with Crippen LogP contribution in [-0.2, 0) is 11.0 Å². The zero-order valence-corrected chi connectivity index (χ0v) is 18.9. The SMILES string of the molecule is CCN(CCO)CCCC(C)Nc1c(C(F)(F)F)cnc2cc(Cl)ccc12.O=CC(F)(F)F. The van der Waals surface area contributed by atoms with Crippen LogP contribution in [0.15, 0.2) is 24.4 Å². The van der Waals surface area contributed by atoms with Crippen LogP contribution in [-0.4, -0.2) is 59.7 Å². The molecule has 0 aliphatic rings. The van der Waals surface area contributed by atoms with Crippen molar-refractivity contribution in [3.63, 3.8) is 0 Å². The van der Waals surface area contributed by atoms with Crippen molar-refractivity contribution in [2.75, 3.05) is 31.6 Å². The quantitative estimate of drug-likeness (QED) is 0.348. The first-order valence-corrected chi connectivity index (χ1v) is 10.5. The number of fused-ring (bicyclic) bond motifs is 1. The minimum atomic E-state index is -4.64. The molecule has 0 amide bonds. The minimum Gasteiger partial charge on any atom is -0.395 e. The van der Waals surface area contributed by atoms with Crippen LogP contribution in [0.3, 0.4) is 0 Å². The molecule has 1 aromatic heterocycles. The monoisotopic (exact) mass is 501 g/mol. The van der Waals surface area contributed by atoms with Gasteiger partial charge in [0.15, 0.2) is 0 Å². The molecule has 0 radical (unpaired) electrons. The molecule has 2 rings (SSSR count). The topological polar surface area (TPSA) is 65.5 Å². The number of hydrogen-bond acceptors (Lipinski definition) is 5. The van der Waals surface area contributed by atoms with Crippen LogP contribution in [0.4, 0.5) is 32.0 Å². The summed E-state index contributed by atoms with van der Waals surface area (Å²) in [6, 6.07) is 4.53. The number of benzene rings is 1. The van der Waals surface area contributed by atoms with Crippen molar-refractivity contribution in [1.29, 1.82) is 0 Å². The van der Waals surface area contributed by atoms with Crippen molar-refractivity contribution in [1.82, 2.24) is 9.88 Å². The fourth-order valence-corrected chi connectivity index (χ4v) is 3.21. The van der Waals surface area contributed by atoms with E-state index in [9.17, 15) is 26.3 Å². The van der Waals surface area contributed by atoms with E-state index in [0.29, 0.717) is 28.9 Å². The van der Waals surface area contributed by atoms with Gasteiger partial charge in [-0.1, -0.05) is 18.5 Å². The van der Waals surface area contributed by atoms with Gasteiger partial charge in [0, 0.05) is 29.2 Å². The van der Waals surface area contributed by atoms with E-state index >= 15 is 0 Å². The summed E-state index contributed by atoms with van der Waals surface area (Å²) >= 11 is 5.94. The lowest BCUT2D eigenvalue weighted by Crippen LogP contribution is -2.29. The Balaban J connectivity index is 0.000000801. The Morgan fingerprint density at radius 2 is 1.85 bits per heavy atom. The zero-order valence-electron chi connectivity index (χ0n) is 18.1. The Morgan fingerprint density at radius 1 is 1.21 bits per heavy atom. The first kappa shape index (κ1) is 28.9. The number of rotatable bonds is 9. The van der Waals surface area contributed by atoms with E-state index in [0.717, 1.165) is 25.7 Å². The lowest BCUT2D eigenvalue weighted by Gasteiger charge is -2.23. The van der Waals surface area contributed by atoms with E-state index in [4.69, 9.17) is 21.5 Å². The first-order valence-electron chi connectivity index (χ1n) is 10.1. The van der Waals surface area contributed by atoms with Gasteiger partial charge in [-0.2, -0.15) is 26.3 Å². The normalized spacial score (nSPS) is 12.9. The van der Waals surface area contributed by atoms with Crippen LogP contribution < -0.4 is 5.32 Å². The van der Waals surface area contributed by atoms with Gasteiger partial charge in [0.2, 0.25) is 6.29 Å². The van der Waals surface area contributed by atoms with Gasteiger partial charge in [0.05, 0.1) is 23.4 Å². The molecule has 12 heteroatoms. The molecule has 0 saturated carbocycles. The largest absolute Gasteiger partial charge is 0.446 e. The number of anilines is 1. The summed E-state index contributed by atoms with van der Waals surface area (Å²) in [6.45, 7) is 6.21. The number of aliphatic hydroxyl groups excluding tert-OH is 1. The molecule has 1 atom stereocenters. The molecule has 0 aliphatic carbocycles. The Hall–Kier alpha value is -2.11. The Bertz CT molecular complexity index is 893. The van der Waals surface area contributed by atoms with Gasteiger partial charge >= 0.3 is 12.4 Å².